The zero-order valence-corrected chi connectivity index (χ0v) is 12.1. The van der Waals surface area contributed by atoms with Crippen molar-refractivity contribution in [2.24, 2.45) is 0 Å². The van der Waals surface area contributed by atoms with Gasteiger partial charge in [-0.05, 0) is 34.6 Å². The molecule has 1 heterocycles. The molecule has 0 saturated heterocycles. The third-order valence-corrected chi connectivity index (χ3v) is 2.27. The molecule has 0 radical (unpaired) electrons. The van der Waals surface area contributed by atoms with Crippen molar-refractivity contribution in [3.8, 4) is 6.01 Å². The van der Waals surface area contributed by atoms with Crippen molar-refractivity contribution in [2.75, 3.05) is 30.4 Å². The molecule has 0 aromatic carbocycles. The Labute approximate surface area is 109 Å². The molecule has 1 aromatic rings. The zero-order chi connectivity index (χ0) is 13.8. The molecule has 0 spiro atoms. The van der Waals surface area contributed by atoms with E-state index in [9.17, 15) is 0 Å². The summed E-state index contributed by atoms with van der Waals surface area (Å²) < 4.78 is 5.70. The van der Waals surface area contributed by atoms with E-state index < -0.39 is 0 Å². The van der Waals surface area contributed by atoms with E-state index in [0.29, 0.717) is 17.9 Å². The Hall–Kier alpha value is -1.59. The second-order valence-electron chi connectivity index (χ2n) is 4.88. The lowest BCUT2D eigenvalue weighted by Gasteiger charge is -2.22. The first kappa shape index (κ1) is 14.5. The van der Waals surface area contributed by atoms with Crippen molar-refractivity contribution in [2.45, 2.75) is 40.2 Å². The molecular weight excluding hydrogens is 230 g/mol. The highest BCUT2D eigenvalue weighted by Gasteiger charge is 2.17. The van der Waals surface area contributed by atoms with Gasteiger partial charge in [0.05, 0.1) is 0 Å². The molecule has 0 amide bonds. The van der Waals surface area contributed by atoms with Crippen LogP contribution in [0.1, 0.15) is 34.6 Å². The molecule has 0 aliphatic heterocycles. The van der Waals surface area contributed by atoms with Gasteiger partial charge in [0, 0.05) is 20.1 Å². The van der Waals surface area contributed by atoms with Crippen LogP contribution in [-0.2, 0) is 0 Å². The molecule has 0 fully saturated rings. The van der Waals surface area contributed by atoms with Crippen molar-refractivity contribution in [1.29, 1.82) is 0 Å². The summed E-state index contributed by atoms with van der Waals surface area (Å²) in [5.41, 5.74) is -0.326. The van der Waals surface area contributed by atoms with Crippen LogP contribution in [0.2, 0.25) is 0 Å². The Kier molecular flexibility index (Phi) is 4.69. The molecule has 1 N–H and O–H groups in total. The van der Waals surface area contributed by atoms with Crippen molar-refractivity contribution in [3.05, 3.63) is 0 Å². The lowest BCUT2D eigenvalue weighted by atomic mass is 10.2. The lowest BCUT2D eigenvalue weighted by Crippen LogP contribution is -2.27. The molecule has 6 heteroatoms. The van der Waals surface area contributed by atoms with Crippen LogP contribution in [0, 0.1) is 0 Å². The fraction of sp³-hybridized carbons (Fsp3) is 0.750. The Balaban J connectivity index is 3.08. The quantitative estimate of drug-likeness (QED) is 0.865. The van der Waals surface area contributed by atoms with E-state index >= 15 is 0 Å². The normalized spacial score (nSPS) is 11.2. The average molecular weight is 253 g/mol. The smallest absolute Gasteiger partial charge is 0.323 e. The number of anilines is 2. The first-order valence-corrected chi connectivity index (χ1v) is 6.27. The van der Waals surface area contributed by atoms with Crippen molar-refractivity contribution in [1.82, 2.24) is 15.0 Å². The zero-order valence-electron chi connectivity index (χ0n) is 12.1. The molecule has 18 heavy (non-hydrogen) atoms. The summed E-state index contributed by atoms with van der Waals surface area (Å²) in [6, 6.07) is 0.351. The van der Waals surface area contributed by atoms with E-state index in [0.717, 1.165) is 13.1 Å². The summed E-state index contributed by atoms with van der Waals surface area (Å²) in [5, 5.41) is 2.93. The summed E-state index contributed by atoms with van der Waals surface area (Å²) in [6.07, 6.45) is 0. The van der Waals surface area contributed by atoms with E-state index in [-0.39, 0.29) is 5.60 Å². The number of ether oxygens (including phenoxy) is 1. The summed E-state index contributed by atoms with van der Waals surface area (Å²) in [4.78, 5) is 14.9. The number of nitrogens with one attached hydrogen (secondary N) is 1. The van der Waals surface area contributed by atoms with E-state index in [1.807, 2.05) is 20.8 Å². The highest BCUT2D eigenvalue weighted by molar-refractivity contribution is 5.37. The Morgan fingerprint density at radius 3 is 2.17 bits per heavy atom. The maximum Gasteiger partial charge on any atom is 0.323 e. The maximum atomic E-state index is 5.70. The van der Waals surface area contributed by atoms with Gasteiger partial charge in [-0.2, -0.15) is 15.0 Å². The average Bonchev–Trinajstić information content (AvgIpc) is 2.28. The molecule has 6 nitrogen and oxygen atoms in total. The van der Waals surface area contributed by atoms with Gasteiger partial charge >= 0.3 is 6.01 Å². The van der Waals surface area contributed by atoms with Gasteiger partial charge in [0.2, 0.25) is 11.9 Å². The molecule has 1 aromatic heterocycles. The first-order chi connectivity index (χ1) is 8.39. The van der Waals surface area contributed by atoms with Crippen molar-refractivity contribution < 1.29 is 4.74 Å². The summed E-state index contributed by atoms with van der Waals surface area (Å²) in [6.45, 7) is 11.7. The fourth-order valence-corrected chi connectivity index (χ4v) is 1.43. The molecule has 0 aliphatic rings. The van der Waals surface area contributed by atoms with E-state index in [1.54, 1.807) is 7.05 Å². The maximum absolute atomic E-state index is 5.70. The SMILES string of the molecule is CCN(CC)c1nc(NC)nc(OC(C)(C)C)n1. The van der Waals surface area contributed by atoms with Crippen LogP contribution < -0.4 is 15.0 Å². The van der Waals surface area contributed by atoms with Gasteiger partial charge in [0.1, 0.15) is 5.60 Å². The van der Waals surface area contributed by atoms with Gasteiger partial charge in [-0.1, -0.05) is 0 Å². The minimum absolute atomic E-state index is 0.326. The molecule has 0 saturated carbocycles. The van der Waals surface area contributed by atoms with Gasteiger partial charge in [0.25, 0.3) is 0 Å². The summed E-state index contributed by atoms with van der Waals surface area (Å²) in [7, 11) is 1.78. The van der Waals surface area contributed by atoms with Crippen molar-refractivity contribution >= 4 is 11.9 Å². The largest absolute Gasteiger partial charge is 0.458 e. The van der Waals surface area contributed by atoms with Crippen molar-refractivity contribution in [3.63, 3.8) is 0 Å². The summed E-state index contributed by atoms with van der Waals surface area (Å²) in [5.74, 6) is 1.16. The molecule has 0 aliphatic carbocycles. The van der Waals surface area contributed by atoms with Crippen LogP contribution in [0.25, 0.3) is 0 Å². The molecule has 1 rings (SSSR count). The molecular formula is C12H23N5O. The van der Waals surface area contributed by atoms with Crippen LogP contribution in [0.3, 0.4) is 0 Å². The highest BCUT2D eigenvalue weighted by Crippen LogP contribution is 2.18. The molecule has 0 unspecified atom stereocenters. The Morgan fingerprint density at radius 1 is 1.11 bits per heavy atom. The number of nitrogens with zero attached hydrogens (tertiary/aromatic N) is 4. The summed E-state index contributed by atoms with van der Waals surface area (Å²) >= 11 is 0. The van der Waals surface area contributed by atoms with Crippen LogP contribution in [0.5, 0.6) is 6.01 Å². The minimum Gasteiger partial charge on any atom is -0.458 e. The monoisotopic (exact) mass is 253 g/mol. The molecule has 102 valence electrons. The second-order valence-corrected chi connectivity index (χ2v) is 4.88. The van der Waals surface area contributed by atoms with Gasteiger partial charge in [0.15, 0.2) is 0 Å². The first-order valence-electron chi connectivity index (χ1n) is 6.27. The number of hydrogen-bond acceptors (Lipinski definition) is 6. The third-order valence-electron chi connectivity index (χ3n) is 2.27. The Morgan fingerprint density at radius 2 is 1.72 bits per heavy atom. The Bertz CT molecular complexity index is 385. The number of rotatable bonds is 5. The number of aromatic nitrogens is 3. The second kappa shape index (κ2) is 5.84. The molecule has 0 atom stereocenters. The van der Waals surface area contributed by atoms with E-state index in [2.05, 4.69) is 39.0 Å². The highest BCUT2D eigenvalue weighted by atomic mass is 16.5. The molecule has 0 bridgehead atoms. The topological polar surface area (TPSA) is 63.2 Å². The van der Waals surface area contributed by atoms with Crippen LogP contribution >= 0.6 is 0 Å². The van der Waals surface area contributed by atoms with E-state index in [1.165, 1.54) is 0 Å². The van der Waals surface area contributed by atoms with Gasteiger partial charge in [-0.15, -0.1) is 0 Å². The van der Waals surface area contributed by atoms with Gasteiger partial charge in [-0.25, -0.2) is 0 Å². The fourth-order valence-electron chi connectivity index (χ4n) is 1.43. The third kappa shape index (κ3) is 4.01. The van der Waals surface area contributed by atoms with Gasteiger partial charge < -0.3 is 15.0 Å². The van der Waals surface area contributed by atoms with Crippen LogP contribution in [0.15, 0.2) is 0 Å². The predicted octanol–water partition coefficient (Wildman–Crippen LogP) is 1.94. The number of hydrogen-bond donors (Lipinski definition) is 1. The lowest BCUT2D eigenvalue weighted by molar-refractivity contribution is 0.117. The van der Waals surface area contributed by atoms with E-state index in [4.69, 9.17) is 4.74 Å². The predicted molar refractivity (Wildman–Crippen MR) is 73.3 cm³/mol. The van der Waals surface area contributed by atoms with Gasteiger partial charge in [-0.3, -0.25) is 0 Å². The van der Waals surface area contributed by atoms with Crippen LogP contribution in [-0.4, -0.2) is 40.7 Å². The van der Waals surface area contributed by atoms with Crippen LogP contribution in [0.4, 0.5) is 11.9 Å². The standard InChI is InChI=1S/C12H23N5O/c1-7-17(8-2)10-14-9(13-6)15-11(16-10)18-12(3,4)5/h7-8H2,1-6H3,(H,13,14,15,16). The minimum atomic E-state index is -0.326.